The van der Waals surface area contributed by atoms with E-state index in [-0.39, 0.29) is 22.9 Å². The van der Waals surface area contributed by atoms with Crippen LogP contribution in [0.15, 0.2) is 53.4 Å². The molecule has 2 aliphatic rings. The van der Waals surface area contributed by atoms with Crippen molar-refractivity contribution < 1.29 is 13.2 Å². The molecule has 1 atom stereocenters. The summed E-state index contributed by atoms with van der Waals surface area (Å²) in [5.74, 6) is -0.170. The summed E-state index contributed by atoms with van der Waals surface area (Å²) in [6, 6.07) is 14.6. The molecule has 0 saturated heterocycles. The highest BCUT2D eigenvalue weighted by Gasteiger charge is 2.29. The SMILES string of the molecule is CN(C1CCCCC1)S(=O)(=O)c1ccc(C(=O)NC2CCc3ccccc32)cc1. The van der Waals surface area contributed by atoms with Gasteiger partial charge in [0.05, 0.1) is 10.9 Å². The van der Waals surface area contributed by atoms with Gasteiger partial charge < -0.3 is 5.32 Å². The molecule has 0 aliphatic heterocycles. The summed E-state index contributed by atoms with van der Waals surface area (Å²) in [7, 11) is -1.87. The van der Waals surface area contributed by atoms with Gasteiger partial charge in [-0.05, 0) is 61.1 Å². The van der Waals surface area contributed by atoms with Crippen molar-refractivity contribution >= 4 is 15.9 Å². The number of hydrogen-bond donors (Lipinski definition) is 1. The Bertz CT molecular complexity index is 979. The number of nitrogens with zero attached hydrogens (tertiary/aromatic N) is 1. The van der Waals surface area contributed by atoms with Gasteiger partial charge in [0.15, 0.2) is 0 Å². The molecule has 0 radical (unpaired) electrons. The first-order valence-corrected chi connectivity index (χ1v) is 11.9. The van der Waals surface area contributed by atoms with E-state index in [1.807, 2.05) is 12.1 Å². The van der Waals surface area contributed by atoms with Gasteiger partial charge in [-0.15, -0.1) is 0 Å². The summed E-state index contributed by atoms with van der Waals surface area (Å²) < 4.78 is 27.4. The van der Waals surface area contributed by atoms with Crippen LogP contribution in [0.4, 0.5) is 0 Å². The van der Waals surface area contributed by atoms with E-state index >= 15 is 0 Å². The van der Waals surface area contributed by atoms with Gasteiger partial charge in [0, 0.05) is 18.7 Å². The molecule has 4 rings (SSSR count). The zero-order valence-electron chi connectivity index (χ0n) is 16.8. The van der Waals surface area contributed by atoms with E-state index in [1.54, 1.807) is 31.3 Å². The van der Waals surface area contributed by atoms with E-state index < -0.39 is 10.0 Å². The number of hydrogen-bond acceptors (Lipinski definition) is 3. The van der Waals surface area contributed by atoms with Crippen molar-refractivity contribution in [2.45, 2.75) is 61.9 Å². The monoisotopic (exact) mass is 412 g/mol. The predicted octanol–water partition coefficient (Wildman–Crippen LogP) is 4.06. The normalized spacial score (nSPS) is 19.9. The Morgan fingerprint density at radius 2 is 1.66 bits per heavy atom. The van der Waals surface area contributed by atoms with Crippen molar-refractivity contribution in [3.63, 3.8) is 0 Å². The molecule has 0 bridgehead atoms. The van der Waals surface area contributed by atoms with Gasteiger partial charge in [-0.3, -0.25) is 4.79 Å². The van der Waals surface area contributed by atoms with Gasteiger partial charge in [0.1, 0.15) is 0 Å². The van der Waals surface area contributed by atoms with Gasteiger partial charge in [-0.25, -0.2) is 8.42 Å². The predicted molar refractivity (Wildman–Crippen MR) is 113 cm³/mol. The minimum atomic E-state index is -3.54. The van der Waals surface area contributed by atoms with E-state index in [2.05, 4.69) is 17.4 Å². The molecule has 1 N–H and O–H groups in total. The lowest BCUT2D eigenvalue weighted by Gasteiger charge is -2.30. The number of rotatable bonds is 5. The molecule has 1 fully saturated rings. The smallest absolute Gasteiger partial charge is 0.251 e. The Morgan fingerprint density at radius 3 is 2.38 bits per heavy atom. The third-order valence-electron chi connectivity index (χ3n) is 6.32. The third kappa shape index (κ3) is 4.09. The van der Waals surface area contributed by atoms with Crippen LogP contribution in [0.25, 0.3) is 0 Å². The summed E-state index contributed by atoms with van der Waals surface area (Å²) in [4.78, 5) is 12.9. The molecular formula is C23H28N2O3S. The maximum Gasteiger partial charge on any atom is 0.251 e. The molecule has 1 saturated carbocycles. The van der Waals surface area contributed by atoms with E-state index in [1.165, 1.54) is 21.9 Å². The quantitative estimate of drug-likeness (QED) is 0.805. The zero-order valence-corrected chi connectivity index (χ0v) is 17.6. The topological polar surface area (TPSA) is 66.5 Å². The summed E-state index contributed by atoms with van der Waals surface area (Å²) in [5, 5.41) is 3.09. The average molecular weight is 413 g/mol. The molecule has 5 nitrogen and oxygen atoms in total. The second-order valence-electron chi connectivity index (χ2n) is 8.10. The molecule has 6 heteroatoms. The molecule has 0 aromatic heterocycles. The maximum atomic E-state index is 13.0. The second kappa shape index (κ2) is 8.28. The second-order valence-corrected chi connectivity index (χ2v) is 10.1. The van der Waals surface area contributed by atoms with E-state index in [4.69, 9.17) is 0 Å². The summed E-state index contributed by atoms with van der Waals surface area (Å²) in [6.07, 6.45) is 7.02. The number of carbonyl (C=O) groups excluding carboxylic acids is 1. The number of sulfonamides is 1. The average Bonchev–Trinajstić information content (AvgIpc) is 3.16. The van der Waals surface area contributed by atoms with E-state index in [0.29, 0.717) is 5.56 Å². The van der Waals surface area contributed by atoms with Crippen molar-refractivity contribution in [3.8, 4) is 0 Å². The zero-order chi connectivity index (χ0) is 20.4. The molecule has 0 heterocycles. The fourth-order valence-corrected chi connectivity index (χ4v) is 5.95. The fourth-order valence-electron chi connectivity index (χ4n) is 4.53. The fraction of sp³-hybridized carbons (Fsp3) is 0.435. The number of aryl methyl sites for hydroxylation is 1. The number of benzene rings is 2. The molecule has 1 unspecified atom stereocenters. The van der Waals surface area contributed by atoms with Crippen molar-refractivity contribution in [2.24, 2.45) is 0 Å². The highest BCUT2D eigenvalue weighted by molar-refractivity contribution is 7.89. The van der Waals surface area contributed by atoms with Gasteiger partial charge in [-0.2, -0.15) is 4.31 Å². The maximum absolute atomic E-state index is 13.0. The van der Waals surface area contributed by atoms with Gasteiger partial charge in [-0.1, -0.05) is 43.5 Å². The first kappa shape index (κ1) is 20.1. The molecule has 2 aromatic carbocycles. The molecule has 0 spiro atoms. The van der Waals surface area contributed by atoms with Crippen LogP contribution < -0.4 is 5.32 Å². The van der Waals surface area contributed by atoms with Crippen molar-refractivity contribution in [3.05, 3.63) is 65.2 Å². The Kier molecular flexibility index (Phi) is 5.74. The summed E-state index contributed by atoms with van der Waals surface area (Å²) >= 11 is 0. The number of carbonyl (C=O) groups is 1. The highest BCUT2D eigenvalue weighted by Crippen LogP contribution is 2.31. The van der Waals surface area contributed by atoms with Crippen LogP contribution in [0.5, 0.6) is 0 Å². The van der Waals surface area contributed by atoms with Crippen LogP contribution in [-0.4, -0.2) is 31.7 Å². The van der Waals surface area contributed by atoms with Crippen molar-refractivity contribution in [1.82, 2.24) is 9.62 Å². The highest BCUT2D eigenvalue weighted by atomic mass is 32.2. The van der Waals surface area contributed by atoms with Crippen molar-refractivity contribution in [1.29, 1.82) is 0 Å². The van der Waals surface area contributed by atoms with Gasteiger partial charge >= 0.3 is 0 Å². The molecule has 154 valence electrons. The minimum Gasteiger partial charge on any atom is -0.345 e. The van der Waals surface area contributed by atoms with Gasteiger partial charge in [0.25, 0.3) is 5.91 Å². The van der Waals surface area contributed by atoms with Crippen LogP contribution in [0, 0.1) is 0 Å². The number of fused-ring (bicyclic) bond motifs is 1. The Labute approximate surface area is 173 Å². The Balaban J connectivity index is 1.45. The van der Waals surface area contributed by atoms with Crippen molar-refractivity contribution in [2.75, 3.05) is 7.05 Å². The molecule has 29 heavy (non-hydrogen) atoms. The van der Waals surface area contributed by atoms with E-state index in [0.717, 1.165) is 38.5 Å². The summed E-state index contributed by atoms with van der Waals surface area (Å²) in [6.45, 7) is 0. The van der Waals surface area contributed by atoms with Crippen LogP contribution >= 0.6 is 0 Å². The lowest BCUT2D eigenvalue weighted by atomic mass is 9.96. The Hall–Kier alpha value is -2.18. The molecule has 2 aliphatic carbocycles. The third-order valence-corrected chi connectivity index (χ3v) is 8.24. The van der Waals surface area contributed by atoms with Crippen LogP contribution in [0.3, 0.4) is 0 Å². The Morgan fingerprint density at radius 1 is 0.966 bits per heavy atom. The van der Waals surface area contributed by atoms with Gasteiger partial charge in [0.2, 0.25) is 10.0 Å². The molecule has 2 aromatic rings. The molecular weight excluding hydrogens is 384 g/mol. The largest absolute Gasteiger partial charge is 0.345 e. The number of amides is 1. The van der Waals surface area contributed by atoms with E-state index in [9.17, 15) is 13.2 Å². The molecule has 1 amide bonds. The number of nitrogens with one attached hydrogen (secondary N) is 1. The summed E-state index contributed by atoms with van der Waals surface area (Å²) in [5.41, 5.74) is 2.94. The lowest BCUT2D eigenvalue weighted by molar-refractivity contribution is 0.0936. The first-order chi connectivity index (χ1) is 14.0. The van der Waals surface area contributed by atoms with Crippen LogP contribution in [0.1, 0.15) is 66.1 Å². The standard InChI is InChI=1S/C23H28N2O3S/c1-25(19-8-3-2-4-9-19)29(27,28)20-14-11-18(12-15-20)23(26)24-22-16-13-17-7-5-6-10-21(17)22/h5-7,10-12,14-15,19,22H,2-4,8-9,13,16H2,1H3,(H,24,26). The minimum absolute atomic E-state index is 0.0135. The first-order valence-electron chi connectivity index (χ1n) is 10.4. The van der Waals surface area contributed by atoms with Crippen LogP contribution in [-0.2, 0) is 16.4 Å². The van der Waals surface area contributed by atoms with Crippen LogP contribution in [0.2, 0.25) is 0 Å². The lowest BCUT2D eigenvalue weighted by Crippen LogP contribution is -2.38.